The molecule has 4 rings (SSSR count). The van der Waals surface area contributed by atoms with Crippen molar-refractivity contribution in [2.45, 2.75) is 12.3 Å². The van der Waals surface area contributed by atoms with Gasteiger partial charge in [0.15, 0.2) is 0 Å². The van der Waals surface area contributed by atoms with E-state index in [2.05, 4.69) is 0 Å². The minimum atomic E-state index is -0.320. The zero-order chi connectivity index (χ0) is 19.5. The van der Waals surface area contributed by atoms with Crippen molar-refractivity contribution in [2.75, 3.05) is 0 Å². The van der Waals surface area contributed by atoms with E-state index in [9.17, 15) is 9.59 Å². The maximum atomic E-state index is 13.1. The third-order valence-electron chi connectivity index (χ3n) is 4.38. The van der Waals surface area contributed by atoms with Gasteiger partial charge in [-0.1, -0.05) is 54.1 Å². The highest BCUT2D eigenvalue weighted by molar-refractivity contribution is 8.03. The molecule has 0 bridgehead atoms. The number of benzene rings is 2. The molecule has 0 unspecified atom stereocenters. The smallest absolute Gasteiger partial charge is 0.268 e. The van der Waals surface area contributed by atoms with Crippen LogP contribution in [0.3, 0.4) is 0 Å². The number of thioether (sulfide) groups is 1. The van der Waals surface area contributed by atoms with Crippen LogP contribution in [0, 0.1) is 0 Å². The molecule has 0 aliphatic carbocycles. The van der Waals surface area contributed by atoms with Gasteiger partial charge in [-0.15, -0.1) is 11.8 Å². The highest BCUT2D eigenvalue weighted by Crippen LogP contribution is 2.38. The van der Waals surface area contributed by atoms with E-state index in [0.29, 0.717) is 32.6 Å². The molecule has 140 valence electrons. The van der Waals surface area contributed by atoms with Gasteiger partial charge in [-0.2, -0.15) is 0 Å². The first-order chi connectivity index (χ1) is 13.6. The number of furan rings is 1. The molecule has 0 spiro atoms. The van der Waals surface area contributed by atoms with Crippen molar-refractivity contribution in [1.82, 2.24) is 4.90 Å². The molecule has 0 fully saturated rings. The maximum absolute atomic E-state index is 13.1. The lowest BCUT2D eigenvalue weighted by Gasteiger charge is -2.13. The van der Waals surface area contributed by atoms with Crippen LogP contribution in [-0.4, -0.2) is 16.7 Å². The first-order valence-electron chi connectivity index (χ1n) is 8.69. The fourth-order valence-corrected chi connectivity index (χ4v) is 4.20. The van der Waals surface area contributed by atoms with Crippen molar-refractivity contribution in [1.29, 1.82) is 0 Å². The standard InChI is InChI=1S/C22H16ClNO3S/c23-17-10-8-16(9-11-17)19-20(28-14-15-5-2-1-3-6-15)22(26)24(21(19)25)13-18-7-4-12-27-18/h1-12H,13-14H2. The first-order valence-corrected chi connectivity index (χ1v) is 10.1. The molecule has 0 atom stereocenters. The lowest BCUT2D eigenvalue weighted by Crippen LogP contribution is -2.30. The summed E-state index contributed by atoms with van der Waals surface area (Å²) in [4.78, 5) is 27.9. The highest BCUT2D eigenvalue weighted by atomic mass is 35.5. The molecule has 1 aromatic heterocycles. The third kappa shape index (κ3) is 3.77. The predicted molar refractivity (Wildman–Crippen MR) is 110 cm³/mol. The quantitative estimate of drug-likeness (QED) is 0.528. The van der Waals surface area contributed by atoms with Crippen LogP contribution in [0.1, 0.15) is 16.9 Å². The Kier molecular flexibility index (Phi) is 5.37. The van der Waals surface area contributed by atoms with Gasteiger partial charge in [-0.05, 0) is 35.4 Å². The van der Waals surface area contributed by atoms with Crippen LogP contribution in [0.15, 0.2) is 82.3 Å². The van der Waals surface area contributed by atoms with E-state index in [1.807, 2.05) is 30.3 Å². The Hall–Kier alpha value is -2.76. The fraction of sp³-hybridized carbons (Fsp3) is 0.0909. The molecule has 2 aromatic carbocycles. The van der Waals surface area contributed by atoms with Crippen molar-refractivity contribution < 1.29 is 14.0 Å². The second-order valence-electron chi connectivity index (χ2n) is 6.26. The van der Waals surface area contributed by atoms with E-state index in [1.165, 1.54) is 22.9 Å². The molecule has 1 aliphatic rings. The summed E-state index contributed by atoms with van der Waals surface area (Å²) in [7, 11) is 0. The average Bonchev–Trinajstić information content (AvgIpc) is 3.30. The van der Waals surface area contributed by atoms with Gasteiger partial charge >= 0.3 is 0 Å². The van der Waals surface area contributed by atoms with Crippen LogP contribution in [-0.2, 0) is 21.9 Å². The van der Waals surface area contributed by atoms with E-state index < -0.39 is 0 Å². The molecule has 3 aromatic rings. The van der Waals surface area contributed by atoms with E-state index in [1.54, 1.807) is 36.4 Å². The Morgan fingerprint density at radius 1 is 0.893 bits per heavy atom. The maximum Gasteiger partial charge on any atom is 0.268 e. The van der Waals surface area contributed by atoms with Crippen molar-refractivity contribution in [2.24, 2.45) is 0 Å². The molecular formula is C22H16ClNO3S. The zero-order valence-corrected chi connectivity index (χ0v) is 16.4. The molecular weight excluding hydrogens is 394 g/mol. The molecule has 0 saturated carbocycles. The zero-order valence-electron chi connectivity index (χ0n) is 14.8. The molecule has 0 saturated heterocycles. The largest absolute Gasteiger partial charge is 0.467 e. The number of carbonyl (C=O) groups excluding carboxylic acids is 2. The number of nitrogens with zero attached hydrogens (tertiary/aromatic N) is 1. The normalized spacial score (nSPS) is 14.2. The Morgan fingerprint density at radius 2 is 1.64 bits per heavy atom. The third-order valence-corrected chi connectivity index (χ3v) is 5.78. The Labute approximate surface area is 171 Å². The van der Waals surface area contributed by atoms with Crippen molar-refractivity contribution in [3.63, 3.8) is 0 Å². The van der Waals surface area contributed by atoms with Crippen LogP contribution in [0.4, 0.5) is 0 Å². The van der Waals surface area contributed by atoms with Crippen molar-refractivity contribution in [3.8, 4) is 0 Å². The Bertz CT molecular complexity index is 1030. The number of amides is 2. The van der Waals surface area contributed by atoms with Gasteiger partial charge in [0.1, 0.15) is 5.76 Å². The van der Waals surface area contributed by atoms with E-state index in [0.717, 1.165) is 5.56 Å². The molecule has 2 amide bonds. The SMILES string of the molecule is O=C1C(SCc2ccccc2)=C(c2ccc(Cl)cc2)C(=O)N1Cc1ccco1. The summed E-state index contributed by atoms with van der Waals surface area (Å²) >= 11 is 7.37. The molecule has 6 heteroatoms. The second kappa shape index (κ2) is 8.09. The van der Waals surface area contributed by atoms with E-state index in [-0.39, 0.29) is 18.4 Å². The van der Waals surface area contributed by atoms with Gasteiger partial charge in [0.25, 0.3) is 11.8 Å². The molecule has 28 heavy (non-hydrogen) atoms. The van der Waals surface area contributed by atoms with Crippen LogP contribution in [0.2, 0.25) is 5.02 Å². The summed E-state index contributed by atoms with van der Waals surface area (Å²) in [6.07, 6.45) is 1.53. The number of carbonyl (C=O) groups is 2. The summed E-state index contributed by atoms with van der Waals surface area (Å²) in [5.41, 5.74) is 2.18. The first kappa shape index (κ1) is 18.6. The number of imide groups is 1. The lowest BCUT2D eigenvalue weighted by molar-refractivity contribution is -0.137. The monoisotopic (exact) mass is 409 g/mol. The number of halogens is 1. The van der Waals surface area contributed by atoms with Crippen LogP contribution < -0.4 is 0 Å². The summed E-state index contributed by atoms with van der Waals surface area (Å²) in [6.45, 7) is 0.108. The summed E-state index contributed by atoms with van der Waals surface area (Å²) in [6, 6.07) is 20.3. The highest BCUT2D eigenvalue weighted by Gasteiger charge is 2.39. The van der Waals surface area contributed by atoms with Gasteiger partial charge in [0.2, 0.25) is 0 Å². The lowest BCUT2D eigenvalue weighted by atomic mass is 10.1. The van der Waals surface area contributed by atoms with Crippen molar-refractivity contribution >= 4 is 40.8 Å². The van der Waals surface area contributed by atoms with E-state index >= 15 is 0 Å². The average molecular weight is 410 g/mol. The number of hydrogen-bond acceptors (Lipinski definition) is 4. The summed E-state index contributed by atoms with van der Waals surface area (Å²) in [5.74, 6) is 0.541. The molecule has 0 radical (unpaired) electrons. The number of hydrogen-bond donors (Lipinski definition) is 0. The van der Waals surface area contributed by atoms with Crippen molar-refractivity contribution in [3.05, 3.63) is 99.8 Å². The van der Waals surface area contributed by atoms with E-state index in [4.69, 9.17) is 16.0 Å². The van der Waals surface area contributed by atoms with Gasteiger partial charge < -0.3 is 4.42 Å². The van der Waals surface area contributed by atoms with Gasteiger partial charge in [0, 0.05) is 10.8 Å². The Morgan fingerprint density at radius 3 is 2.32 bits per heavy atom. The minimum absolute atomic E-state index is 0.108. The Balaban J connectivity index is 1.67. The van der Waals surface area contributed by atoms with Crippen LogP contribution in [0.5, 0.6) is 0 Å². The van der Waals surface area contributed by atoms with Gasteiger partial charge in [0.05, 0.1) is 23.3 Å². The van der Waals surface area contributed by atoms with Crippen LogP contribution in [0.25, 0.3) is 5.57 Å². The molecule has 4 nitrogen and oxygen atoms in total. The van der Waals surface area contributed by atoms with Gasteiger partial charge in [-0.3, -0.25) is 14.5 Å². The molecule has 1 aliphatic heterocycles. The molecule has 2 heterocycles. The van der Waals surface area contributed by atoms with Crippen LogP contribution >= 0.6 is 23.4 Å². The summed E-state index contributed by atoms with van der Waals surface area (Å²) in [5, 5.41) is 0.576. The fourth-order valence-electron chi connectivity index (χ4n) is 2.99. The minimum Gasteiger partial charge on any atom is -0.467 e. The number of rotatable bonds is 6. The topological polar surface area (TPSA) is 50.5 Å². The second-order valence-corrected chi connectivity index (χ2v) is 7.68. The molecule has 0 N–H and O–H groups in total. The van der Waals surface area contributed by atoms with Gasteiger partial charge in [-0.25, -0.2) is 0 Å². The predicted octanol–water partition coefficient (Wildman–Crippen LogP) is 5.15. The summed E-state index contributed by atoms with van der Waals surface area (Å²) < 4.78 is 5.32.